The molecule has 0 bridgehead atoms. The molecular formula is C24H26N4O5S. The van der Waals surface area contributed by atoms with E-state index in [2.05, 4.69) is 5.32 Å². The second-order valence-corrected chi connectivity index (χ2v) is 8.68. The lowest BCUT2D eigenvalue weighted by molar-refractivity contribution is -0.120. The van der Waals surface area contributed by atoms with Crippen molar-refractivity contribution in [3.8, 4) is 22.9 Å². The molecule has 0 saturated heterocycles. The van der Waals surface area contributed by atoms with Crippen LogP contribution in [-0.4, -0.2) is 47.7 Å². The van der Waals surface area contributed by atoms with Gasteiger partial charge in [-0.1, -0.05) is 6.07 Å². The molecule has 2 heterocycles. The third-order valence-electron chi connectivity index (χ3n) is 5.27. The first-order valence-corrected chi connectivity index (χ1v) is 11.8. The SMILES string of the molecule is CCOc1cc([C@@H]2SCC(=O)Nc3c2c(C)nn3-c2ccc(OC)cc2)ccc1OCC(N)=O. The van der Waals surface area contributed by atoms with Gasteiger partial charge in [-0.05, 0) is 55.8 Å². The number of aryl methyl sites for hydroxylation is 1. The molecule has 1 aromatic heterocycles. The summed E-state index contributed by atoms with van der Waals surface area (Å²) in [5.41, 5.74) is 8.67. The van der Waals surface area contributed by atoms with Gasteiger partial charge < -0.3 is 25.3 Å². The van der Waals surface area contributed by atoms with Crippen molar-refractivity contribution in [2.24, 2.45) is 5.73 Å². The molecule has 1 aliphatic heterocycles. The molecule has 0 fully saturated rings. The highest BCUT2D eigenvalue weighted by molar-refractivity contribution is 8.00. The maximum atomic E-state index is 12.6. The fourth-order valence-corrected chi connectivity index (χ4v) is 4.96. The lowest BCUT2D eigenvalue weighted by Crippen LogP contribution is -2.20. The average Bonchev–Trinajstić information content (AvgIpc) is 3.03. The number of benzene rings is 2. The predicted octanol–water partition coefficient (Wildman–Crippen LogP) is 3.23. The number of nitrogens with one attached hydrogen (secondary N) is 1. The molecule has 10 heteroatoms. The molecule has 0 radical (unpaired) electrons. The summed E-state index contributed by atoms with van der Waals surface area (Å²) in [6.07, 6.45) is 0. The zero-order valence-corrected chi connectivity index (χ0v) is 20.0. The normalized spacial score (nSPS) is 15.1. The Hall–Kier alpha value is -3.66. The molecule has 0 saturated carbocycles. The minimum Gasteiger partial charge on any atom is -0.497 e. The molecule has 2 aromatic carbocycles. The monoisotopic (exact) mass is 482 g/mol. The zero-order chi connectivity index (χ0) is 24.2. The second kappa shape index (κ2) is 10.1. The molecule has 9 nitrogen and oxygen atoms in total. The van der Waals surface area contributed by atoms with E-state index in [0.29, 0.717) is 23.9 Å². The fourth-order valence-electron chi connectivity index (χ4n) is 3.78. The summed E-state index contributed by atoms with van der Waals surface area (Å²) in [4.78, 5) is 23.8. The number of thioether (sulfide) groups is 1. The van der Waals surface area contributed by atoms with Crippen molar-refractivity contribution in [1.29, 1.82) is 0 Å². The van der Waals surface area contributed by atoms with Crippen LogP contribution in [0.1, 0.15) is 29.0 Å². The average molecular weight is 483 g/mol. The third kappa shape index (κ3) is 4.81. The van der Waals surface area contributed by atoms with Crippen molar-refractivity contribution in [2.45, 2.75) is 19.1 Å². The number of primary amides is 1. The molecule has 4 rings (SSSR count). The topological polar surface area (TPSA) is 118 Å². The summed E-state index contributed by atoms with van der Waals surface area (Å²) in [5.74, 6) is 1.92. The molecular weight excluding hydrogens is 456 g/mol. The lowest BCUT2D eigenvalue weighted by Gasteiger charge is -2.18. The van der Waals surface area contributed by atoms with Crippen molar-refractivity contribution in [2.75, 3.05) is 31.4 Å². The van der Waals surface area contributed by atoms with Crippen LogP contribution < -0.4 is 25.3 Å². The molecule has 3 N–H and O–H groups in total. The number of rotatable bonds is 8. The summed E-state index contributed by atoms with van der Waals surface area (Å²) in [7, 11) is 1.61. The van der Waals surface area contributed by atoms with Crippen molar-refractivity contribution < 1.29 is 23.8 Å². The number of carbonyl (C=O) groups excluding carboxylic acids is 2. The van der Waals surface area contributed by atoms with Crippen LogP contribution in [0.4, 0.5) is 5.82 Å². The van der Waals surface area contributed by atoms with E-state index in [9.17, 15) is 9.59 Å². The lowest BCUT2D eigenvalue weighted by atomic mass is 10.0. The minimum absolute atomic E-state index is 0.102. The molecule has 3 aromatic rings. The smallest absolute Gasteiger partial charge is 0.255 e. The zero-order valence-electron chi connectivity index (χ0n) is 19.2. The van der Waals surface area contributed by atoms with Gasteiger partial charge in [0.25, 0.3) is 5.91 Å². The predicted molar refractivity (Wildman–Crippen MR) is 130 cm³/mol. The molecule has 0 unspecified atom stereocenters. The number of carbonyl (C=O) groups is 2. The second-order valence-electron chi connectivity index (χ2n) is 7.59. The largest absolute Gasteiger partial charge is 0.497 e. The number of fused-ring (bicyclic) bond motifs is 1. The van der Waals surface area contributed by atoms with Crippen LogP contribution in [0.2, 0.25) is 0 Å². The number of amides is 2. The van der Waals surface area contributed by atoms with Gasteiger partial charge >= 0.3 is 0 Å². The van der Waals surface area contributed by atoms with Crippen molar-refractivity contribution >= 4 is 29.4 Å². The first-order chi connectivity index (χ1) is 16.4. The van der Waals surface area contributed by atoms with Gasteiger partial charge in [0.1, 0.15) is 11.6 Å². The van der Waals surface area contributed by atoms with E-state index in [1.807, 2.05) is 50.2 Å². The Kier molecular flexibility index (Phi) is 6.97. The highest BCUT2D eigenvalue weighted by atomic mass is 32.2. The molecule has 178 valence electrons. The summed E-state index contributed by atoms with van der Waals surface area (Å²) < 4.78 is 18.3. The Morgan fingerprint density at radius 3 is 2.65 bits per heavy atom. The van der Waals surface area contributed by atoms with Crippen LogP contribution in [0.5, 0.6) is 17.2 Å². The van der Waals surface area contributed by atoms with Crippen LogP contribution in [0.3, 0.4) is 0 Å². The first-order valence-electron chi connectivity index (χ1n) is 10.7. The molecule has 0 spiro atoms. The van der Waals surface area contributed by atoms with Gasteiger partial charge in [0.15, 0.2) is 18.1 Å². The van der Waals surface area contributed by atoms with E-state index < -0.39 is 5.91 Å². The highest BCUT2D eigenvalue weighted by Crippen LogP contribution is 2.45. The van der Waals surface area contributed by atoms with Crippen molar-refractivity contribution in [3.63, 3.8) is 0 Å². The van der Waals surface area contributed by atoms with Gasteiger partial charge in [-0.2, -0.15) is 5.10 Å². The number of hydrogen-bond donors (Lipinski definition) is 2. The van der Waals surface area contributed by atoms with E-state index in [1.54, 1.807) is 17.9 Å². The first kappa shape index (κ1) is 23.5. The van der Waals surface area contributed by atoms with Crippen molar-refractivity contribution in [1.82, 2.24) is 9.78 Å². The summed E-state index contributed by atoms with van der Waals surface area (Å²) in [5, 5.41) is 7.58. The van der Waals surface area contributed by atoms with Gasteiger partial charge in [-0.15, -0.1) is 11.8 Å². The number of methoxy groups -OCH3 is 1. The Labute approximate surface area is 201 Å². The highest BCUT2D eigenvalue weighted by Gasteiger charge is 2.31. The van der Waals surface area contributed by atoms with E-state index in [0.717, 1.165) is 28.3 Å². The van der Waals surface area contributed by atoms with E-state index in [4.69, 9.17) is 25.0 Å². The minimum atomic E-state index is -0.568. The van der Waals surface area contributed by atoms with Crippen LogP contribution >= 0.6 is 11.8 Å². The van der Waals surface area contributed by atoms with Crippen molar-refractivity contribution in [3.05, 3.63) is 59.3 Å². The third-order valence-corrected chi connectivity index (χ3v) is 6.54. The van der Waals surface area contributed by atoms with E-state index >= 15 is 0 Å². The maximum Gasteiger partial charge on any atom is 0.255 e. The van der Waals surface area contributed by atoms with Crippen LogP contribution in [-0.2, 0) is 9.59 Å². The van der Waals surface area contributed by atoms with E-state index in [-0.39, 0.29) is 23.5 Å². The van der Waals surface area contributed by atoms with Crippen LogP contribution in [0.15, 0.2) is 42.5 Å². The van der Waals surface area contributed by atoms with Gasteiger partial charge in [0.2, 0.25) is 5.91 Å². The summed E-state index contributed by atoms with van der Waals surface area (Å²) in [6, 6.07) is 13.0. The number of hydrogen-bond acceptors (Lipinski definition) is 7. The number of ether oxygens (including phenoxy) is 3. The Morgan fingerprint density at radius 2 is 1.97 bits per heavy atom. The Bertz CT molecular complexity index is 1210. The van der Waals surface area contributed by atoms with Gasteiger partial charge in [-0.25, -0.2) is 4.68 Å². The molecule has 0 aliphatic carbocycles. The molecule has 34 heavy (non-hydrogen) atoms. The quantitative estimate of drug-likeness (QED) is 0.506. The summed E-state index contributed by atoms with van der Waals surface area (Å²) >= 11 is 1.51. The van der Waals surface area contributed by atoms with Gasteiger partial charge in [0, 0.05) is 5.56 Å². The van der Waals surface area contributed by atoms with Crippen LogP contribution in [0, 0.1) is 6.92 Å². The van der Waals surface area contributed by atoms with Crippen LogP contribution in [0.25, 0.3) is 5.69 Å². The number of nitrogens with two attached hydrogens (primary N) is 1. The number of nitrogens with zero attached hydrogens (tertiary/aromatic N) is 2. The Morgan fingerprint density at radius 1 is 1.21 bits per heavy atom. The molecule has 1 atom stereocenters. The molecule has 1 aliphatic rings. The number of aromatic nitrogens is 2. The van der Waals surface area contributed by atoms with Gasteiger partial charge in [-0.3, -0.25) is 9.59 Å². The fraction of sp³-hybridized carbons (Fsp3) is 0.292. The standard InChI is InChI=1S/C24H26N4O5S/c1-4-32-19-11-15(5-10-18(19)33-12-20(25)29)23-22-14(2)27-28(24(22)26-21(30)13-34-23)16-6-8-17(31-3)9-7-16/h5-11,23H,4,12-13H2,1-3H3,(H2,25,29)(H,26,30)/t23-/m0/s1. The Balaban J connectivity index is 1.77. The van der Waals surface area contributed by atoms with Gasteiger partial charge in [0.05, 0.1) is 36.1 Å². The van der Waals surface area contributed by atoms with E-state index in [1.165, 1.54) is 11.8 Å². The maximum absolute atomic E-state index is 12.6. The molecule has 2 amide bonds. The summed E-state index contributed by atoms with van der Waals surface area (Å²) in [6.45, 7) is 3.98. The number of anilines is 1.